The van der Waals surface area contributed by atoms with Crippen molar-refractivity contribution < 1.29 is 38.4 Å². The second kappa shape index (κ2) is 11.6. The van der Waals surface area contributed by atoms with Crippen molar-refractivity contribution in [2.24, 2.45) is 0 Å². The van der Waals surface area contributed by atoms with Crippen LogP contribution in [0.15, 0.2) is 35.9 Å². The van der Waals surface area contributed by atoms with Crippen LogP contribution < -0.4 is 5.32 Å². The number of halogens is 1. The van der Waals surface area contributed by atoms with E-state index in [1.807, 2.05) is 6.07 Å². The van der Waals surface area contributed by atoms with Gasteiger partial charge in [-0.25, -0.2) is 4.79 Å². The SMILES string of the molecule is CC(C)(C)OC(=O)CC[C@@H](CO)NC(=O)C1=C[C@H]2OCO[C@H]2[C@H](OC(=O)c2cccc(I)c2)C1. The molecule has 10 heteroatoms. The fraction of sp³-hybridized carbons (Fsp3) is 0.542. The maximum Gasteiger partial charge on any atom is 0.338 e. The molecule has 1 heterocycles. The van der Waals surface area contributed by atoms with Crippen LogP contribution in [0.1, 0.15) is 50.4 Å². The highest BCUT2D eigenvalue weighted by Crippen LogP contribution is 2.31. The van der Waals surface area contributed by atoms with E-state index in [1.54, 1.807) is 45.0 Å². The molecule has 0 radical (unpaired) electrons. The molecule has 1 aromatic carbocycles. The quantitative estimate of drug-likeness (QED) is 0.352. The molecule has 9 nitrogen and oxygen atoms in total. The van der Waals surface area contributed by atoms with Crippen molar-refractivity contribution in [3.8, 4) is 0 Å². The molecule has 1 fully saturated rings. The van der Waals surface area contributed by atoms with Gasteiger partial charge >= 0.3 is 11.9 Å². The number of carbonyl (C=O) groups is 3. The zero-order valence-corrected chi connectivity index (χ0v) is 21.6. The number of hydrogen-bond donors (Lipinski definition) is 2. The predicted octanol–water partition coefficient (Wildman–Crippen LogP) is 2.49. The summed E-state index contributed by atoms with van der Waals surface area (Å²) in [5, 5.41) is 12.4. The first kappa shape index (κ1) is 26.6. The highest BCUT2D eigenvalue weighted by Gasteiger charge is 2.42. The van der Waals surface area contributed by atoms with Crippen LogP contribution in [0.4, 0.5) is 0 Å². The first-order valence-corrected chi connectivity index (χ1v) is 12.2. The summed E-state index contributed by atoms with van der Waals surface area (Å²) in [6.07, 6.45) is 0.321. The Hall–Kier alpha value is -2.02. The maximum atomic E-state index is 12.9. The van der Waals surface area contributed by atoms with E-state index < -0.39 is 47.8 Å². The molecule has 1 amide bonds. The lowest BCUT2D eigenvalue weighted by Crippen LogP contribution is -2.45. The van der Waals surface area contributed by atoms with Gasteiger partial charge in [0.15, 0.2) is 0 Å². The number of ether oxygens (including phenoxy) is 4. The van der Waals surface area contributed by atoms with Gasteiger partial charge in [0.1, 0.15) is 30.7 Å². The van der Waals surface area contributed by atoms with Crippen LogP contribution in [0.3, 0.4) is 0 Å². The molecule has 1 aliphatic heterocycles. The van der Waals surface area contributed by atoms with Gasteiger partial charge in [-0.3, -0.25) is 9.59 Å². The number of esters is 2. The van der Waals surface area contributed by atoms with Crippen molar-refractivity contribution in [3.05, 3.63) is 45.0 Å². The van der Waals surface area contributed by atoms with E-state index in [0.717, 1.165) is 3.57 Å². The molecular formula is C24H30INO8. The van der Waals surface area contributed by atoms with Gasteiger partial charge in [-0.05, 0) is 74.1 Å². The standard InChI is InChI=1S/C24H30INO8/c1-24(2,3)34-20(28)8-7-17(12-27)26-22(29)15-10-18-21(32-13-31-18)19(11-15)33-23(30)14-5-4-6-16(25)9-14/h4-6,9-10,17-19,21,27H,7-8,11-13H2,1-3H3,(H,26,29)/t17-,18+,19+,21+/m0/s1. The summed E-state index contributed by atoms with van der Waals surface area (Å²) in [4.78, 5) is 37.6. The van der Waals surface area contributed by atoms with Crippen molar-refractivity contribution in [1.82, 2.24) is 5.32 Å². The number of nitrogens with one attached hydrogen (secondary N) is 1. The van der Waals surface area contributed by atoms with E-state index >= 15 is 0 Å². The first-order chi connectivity index (χ1) is 16.1. The van der Waals surface area contributed by atoms with Gasteiger partial charge in [0.2, 0.25) is 5.91 Å². The third-order valence-electron chi connectivity index (χ3n) is 5.28. The monoisotopic (exact) mass is 587 g/mol. The van der Waals surface area contributed by atoms with E-state index in [4.69, 9.17) is 18.9 Å². The van der Waals surface area contributed by atoms with Gasteiger partial charge in [0.25, 0.3) is 0 Å². The third kappa shape index (κ3) is 7.49. The molecular weight excluding hydrogens is 557 g/mol. The number of amides is 1. The number of aliphatic hydroxyl groups excluding tert-OH is 1. The van der Waals surface area contributed by atoms with Crippen LogP contribution in [-0.4, -0.2) is 66.3 Å². The van der Waals surface area contributed by atoms with Gasteiger partial charge in [-0.15, -0.1) is 0 Å². The topological polar surface area (TPSA) is 120 Å². The molecule has 3 rings (SSSR count). The van der Waals surface area contributed by atoms with Gasteiger partial charge in [0.05, 0.1) is 18.2 Å². The normalized spacial score (nSPS) is 22.9. The zero-order valence-electron chi connectivity index (χ0n) is 19.4. The number of carbonyl (C=O) groups excluding carboxylic acids is 3. The molecule has 2 aliphatic rings. The Morgan fingerprint density at radius 2 is 2.03 bits per heavy atom. The Balaban J connectivity index is 1.62. The fourth-order valence-electron chi connectivity index (χ4n) is 3.72. The van der Waals surface area contributed by atoms with E-state index in [9.17, 15) is 19.5 Å². The summed E-state index contributed by atoms with van der Waals surface area (Å²) in [7, 11) is 0. The van der Waals surface area contributed by atoms with Crippen molar-refractivity contribution in [2.45, 2.75) is 70.0 Å². The molecule has 1 aliphatic carbocycles. The molecule has 0 unspecified atom stereocenters. The number of rotatable bonds is 8. The fourth-order valence-corrected chi connectivity index (χ4v) is 4.26. The molecule has 0 aromatic heterocycles. The molecule has 1 aromatic rings. The van der Waals surface area contributed by atoms with Gasteiger partial charge in [-0.2, -0.15) is 0 Å². The lowest BCUT2D eigenvalue weighted by Gasteiger charge is -2.30. The lowest BCUT2D eigenvalue weighted by atomic mass is 9.91. The minimum absolute atomic E-state index is 0.0349. The number of fused-ring (bicyclic) bond motifs is 1. The summed E-state index contributed by atoms with van der Waals surface area (Å²) in [6.45, 7) is 5.02. The van der Waals surface area contributed by atoms with Crippen LogP contribution in [0.5, 0.6) is 0 Å². The molecule has 0 saturated carbocycles. The Morgan fingerprint density at radius 3 is 2.71 bits per heavy atom. The van der Waals surface area contributed by atoms with Crippen LogP contribution in [-0.2, 0) is 28.5 Å². The number of benzene rings is 1. The number of hydrogen-bond acceptors (Lipinski definition) is 8. The molecule has 0 spiro atoms. The molecule has 34 heavy (non-hydrogen) atoms. The van der Waals surface area contributed by atoms with Crippen LogP contribution in [0.25, 0.3) is 0 Å². The molecule has 4 atom stereocenters. The molecule has 0 bridgehead atoms. The molecule has 1 saturated heterocycles. The minimum atomic E-state index is -0.710. The van der Waals surface area contributed by atoms with Gasteiger partial charge < -0.3 is 29.4 Å². The highest BCUT2D eigenvalue weighted by molar-refractivity contribution is 14.1. The second-order valence-corrected chi connectivity index (χ2v) is 10.5. The number of aliphatic hydroxyl groups is 1. The highest BCUT2D eigenvalue weighted by atomic mass is 127. The first-order valence-electron chi connectivity index (χ1n) is 11.1. The van der Waals surface area contributed by atoms with E-state index in [0.29, 0.717) is 11.1 Å². The van der Waals surface area contributed by atoms with E-state index in [2.05, 4.69) is 27.9 Å². The summed E-state index contributed by atoms with van der Waals surface area (Å²) >= 11 is 2.11. The van der Waals surface area contributed by atoms with Crippen LogP contribution >= 0.6 is 22.6 Å². The average molecular weight is 587 g/mol. The van der Waals surface area contributed by atoms with E-state index in [1.165, 1.54) is 0 Å². The largest absolute Gasteiger partial charge is 0.460 e. The maximum absolute atomic E-state index is 12.9. The van der Waals surface area contributed by atoms with Gasteiger partial charge in [-0.1, -0.05) is 6.07 Å². The Labute approximate surface area is 212 Å². The van der Waals surface area contributed by atoms with Crippen LogP contribution in [0.2, 0.25) is 0 Å². The Bertz CT molecular complexity index is 941. The molecule has 2 N–H and O–H groups in total. The predicted molar refractivity (Wildman–Crippen MR) is 130 cm³/mol. The Morgan fingerprint density at radius 1 is 1.26 bits per heavy atom. The summed E-state index contributed by atoms with van der Waals surface area (Å²) in [5.41, 5.74) is 0.167. The van der Waals surface area contributed by atoms with Crippen molar-refractivity contribution >= 4 is 40.4 Å². The molecule has 186 valence electrons. The Kier molecular flexibility index (Phi) is 9.07. The van der Waals surface area contributed by atoms with Crippen molar-refractivity contribution in [3.63, 3.8) is 0 Å². The van der Waals surface area contributed by atoms with Crippen molar-refractivity contribution in [2.75, 3.05) is 13.4 Å². The smallest absolute Gasteiger partial charge is 0.338 e. The average Bonchev–Trinajstić information content (AvgIpc) is 3.24. The van der Waals surface area contributed by atoms with Crippen LogP contribution in [0, 0.1) is 3.57 Å². The second-order valence-electron chi connectivity index (χ2n) is 9.21. The van der Waals surface area contributed by atoms with Crippen molar-refractivity contribution in [1.29, 1.82) is 0 Å². The van der Waals surface area contributed by atoms with E-state index in [-0.39, 0.29) is 32.7 Å². The zero-order chi connectivity index (χ0) is 24.9. The third-order valence-corrected chi connectivity index (χ3v) is 5.95. The lowest BCUT2D eigenvalue weighted by molar-refractivity contribution is -0.155. The van der Waals surface area contributed by atoms with Gasteiger partial charge in [0, 0.05) is 22.0 Å². The minimum Gasteiger partial charge on any atom is -0.460 e. The summed E-state index contributed by atoms with van der Waals surface area (Å²) in [5.74, 6) is -1.34. The summed E-state index contributed by atoms with van der Waals surface area (Å²) < 4.78 is 23.0. The summed E-state index contributed by atoms with van der Waals surface area (Å²) in [6, 6.07) is 6.38.